The van der Waals surface area contributed by atoms with E-state index < -0.39 is 5.97 Å². The van der Waals surface area contributed by atoms with Crippen LogP contribution < -0.4 is 10.6 Å². The molecular weight excluding hydrogens is 394 g/mol. The van der Waals surface area contributed by atoms with Crippen molar-refractivity contribution in [2.45, 2.75) is 26.2 Å². The van der Waals surface area contributed by atoms with E-state index in [4.69, 9.17) is 17.3 Å². The maximum atomic E-state index is 11.1. The fourth-order valence-electron chi connectivity index (χ4n) is 2.58. The van der Waals surface area contributed by atoms with E-state index in [0.29, 0.717) is 39.8 Å². The fraction of sp³-hybridized carbons (Fsp3) is 0.316. The van der Waals surface area contributed by atoms with Crippen LogP contribution in [0.2, 0.25) is 0 Å². The van der Waals surface area contributed by atoms with Gasteiger partial charge < -0.3 is 15.7 Å². The molecule has 0 atom stereocenters. The van der Waals surface area contributed by atoms with Gasteiger partial charge >= 0.3 is 5.97 Å². The van der Waals surface area contributed by atoms with Gasteiger partial charge in [-0.3, -0.25) is 4.98 Å². The molecule has 3 aromatic heterocycles. The highest BCUT2D eigenvalue weighted by Crippen LogP contribution is 2.25. The Morgan fingerprint density at radius 2 is 2.14 bits per heavy atom. The number of thiophene rings is 1. The van der Waals surface area contributed by atoms with Gasteiger partial charge in [-0.2, -0.15) is 0 Å². The third kappa shape index (κ3) is 5.28. The van der Waals surface area contributed by atoms with Crippen LogP contribution in [0.3, 0.4) is 0 Å². The number of nitrogens with zero attached hydrogens (tertiary/aromatic N) is 3. The molecule has 28 heavy (non-hydrogen) atoms. The van der Waals surface area contributed by atoms with E-state index >= 15 is 0 Å². The van der Waals surface area contributed by atoms with Gasteiger partial charge in [0.15, 0.2) is 5.65 Å². The summed E-state index contributed by atoms with van der Waals surface area (Å²) in [6.07, 6.45) is 5.16. The minimum Gasteiger partial charge on any atom is -0.477 e. The monoisotopic (exact) mass is 415 g/mol. The largest absolute Gasteiger partial charge is 0.477 e. The zero-order chi connectivity index (χ0) is 19.9. The van der Waals surface area contributed by atoms with E-state index in [-0.39, 0.29) is 4.88 Å². The van der Waals surface area contributed by atoms with Crippen molar-refractivity contribution in [2.24, 2.45) is 0 Å². The first-order valence-corrected chi connectivity index (χ1v) is 10.3. The predicted octanol–water partition coefficient (Wildman–Crippen LogP) is 3.97. The summed E-state index contributed by atoms with van der Waals surface area (Å²) in [6, 6.07) is 5.23. The molecule has 0 bridgehead atoms. The number of pyridine rings is 1. The van der Waals surface area contributed by atoms with Crippen molar-refractivity contribution in [2.75, 3.05) is 18.4 Å². The molecule has 0 amide bonds. The van der Waals surface area contributed by atoms with Crippen LogP contribution in [0.25, 0.3) is 22.4 Å². The Hall–Kier alpha value is -2.49. The number of carbonyl (C=O) groups is 1. The molecule has 9 heteroatoms. The van der Waals surface area contributed by atoms with E-state index in [1.165, 1.54) is 12.8 Å². The number of carboxylic acids is 1. The van der Waals surface area contributed by atoms with E-state index in [1.807, 2.05) is 12.1 Å². The van der Waals surface area contributed by atoms with Crippen molar-refractivity contribution >= 4 is 51.5 Å². The molecule has 146 valence electrons. The Balaban J connectivity index is 1.69. The Labute approximate surface area is 172 Å². The fourth-order valence-corrected chi connectivity index (χ4v) is 3.52. The molecule has 3 N–H and O–H groups in total. The average Bonchev–Trinajstić information content (AvgIpc) is 3.18. The molecule has 7 nitrogen and oxygen atoms in total. The maximum absolute atomic E-state index is 11.1. The number of hydrogen-bond donors (Lipinski definition) is 3. The van der Waals surface area contributed by atoms with Gasteiger partial charge in [-0.1, -0.05) is 32.0 Å². The summed E-state index contributed by atoms with van der Waals surface area (Å²) < 4.78 is 0. The van der Waals surface area contributed by atoms with E-state index in [9.17, 15) is 4.79 Å². The number of anilines is 1. The number of fused-ring (bicyclic) bond motifs is 1. The Morgan fingerprint density at radius 3 is 2.89 bits per heavy atom. The number of carboxylic acid groups (broad SMARTS) is 1. The number of rotatable bonds is 9. The molecule has 0 saturated heterocycles. The summed E-state index contributed by atoms with van der Waals surface area (Å²) in [6.45, 7) is 3.71. The molecule has 0 saturated carbocycles. The summed E-state index contributed by atoms with van der Waals surface area (Å²) in [5.41, 5.74) is 2.43. The third-order valence-electron chi connectivity index (χ3n) is 4.02. The molecular formula is C19H21N5O2S2. The second kappa shape index (κ2) is 9.63. The number of aromatic carboxylic acids is 1. The SMILES string of the molecule is CCCCCNCC(=S)Nc1ccc2ncc(-c3csc(C(=O)O)c3)nc2n1. The lowest BCUT2D eigenvalue weighted by atomic mass is 10.2. The second-order valence-electron chi connectivity index (χ2n) is 6.23. The highest BCUT2D eigenvalue weighted by Gasteiger charge is 2.11. The number of nitrogens with one attached hydrogen (secondary N) is 2. The van der Waals surface area contributed by atoms with Crippen molar-refractivity contribution in [3.8, 4) is 11.3 Å². The summed E-state index contributed by atoms with van der Waals surface area (Å²) >= 11 is 6.52. The van der Waals surface area contributed by atoms with Crippen LogP contribution in [-0.4, -0.2) is 44.1 Å². The van der Waals surface area contributed by atoms with Gasteiger partial charge in [-0.05, 0) is 31.2 Å². The van der Waals surface area contributed by atoms with Crippen LogP contribution in [0, 0.1) is 0 Å². The van der Waals surface area contributed by atoms with Crippen LogP contribution in [0.4, 0.5) is 5.82 Å². The zero-order valence-corrected chi connectivity index (χ0v) is 17.1. The summed E-state index contributed by atoms with van der Waals surface area (Å²) in [7, 11) is 0. The highest BCUT2D eigenvalue weighted by atomic mass is 32.1. The molecule has 3 aromatic rings. The Bertz CT molecular complexity index is 989. The van der Waals surface area contributed by atoms with Crippen molar-refractivity contribution < 1.29 is 9.90 Å². The molecule has 0 radical (unpaired) electrons. The third-order valence-corrected chi connectivity index (χ3v) is 5.19. The van der Waals surface area contributed by atoms with E-state index in [0.717, 1.165) is 24.3 Å². The standard InChI is InChI=1S/C19H21N5O2S2/c1-2-3-4-7-20-10-17(27)23-16-6-5-13-18(24-16)22-14(9-21-13)12-8-15(19(25)26)28-11-12/h5-6,8-9,11,20H,2-4,7,10H2,1H3,(H,25,26)(H,22,23,24,27). The minimum absolute atomic E-state index is 0.261. The molecule has 3 heterocycles. The van der Waals surface area contributed by atoms with Crippen LogP contribution in [0.5, 0.6) is 0 Å². The van der Waals surface area contributed by atoms with Crippen LogP contribution in [-0.2, 0) is 0 Å². The van der Waals surface area contributed by atoms with Gasteiger partial charge in [-0.25, -0.2) is 14.8 Å². The molecule has 0 aliphatic rings. The lowest BCUT2D eigenvalue weighted by Gasteiger charge is -2.09. The first-order chi connectivity index (χ1) is 13.6. The van der Waals surface area contributed by atoms with Gasteiger partial charge in [0.2, 0.25) is 0 Å². The van der Waals surface area contributed by atoms with Crippen molar-refractivity contribution in [3.05, 3.63) is 34.7 Å². The normalized spacial score (nSPS) is 10.9. The molecule has 0 aliphatic heterocycles. The second-order valence-corrected chi connectivity index (χ2v) is 7.64. The van der Waals surface area contributed by atoms with Crippen LogP contribution in [0.15, 0.2) is 29.8 Å². The number of hydrogen-bond acceptors (Lipinski definition) is 7. The lowest BCUT2D eigenvalue weighted by molar-refractivity contribution is 0.0702. The molecule has 0 aliphatic carbocycles. The lowest BCUT2D eigenvalue weighted by Crippen LogP contribution is -2.27. The molecule has 0 spiro atoms. The van der Waals surface area contributed by atoms with Gasteiger partial charge in [0.25, 0.3) is 0 Å². The smallest absolute Gasteiger partial charge is 0.345 e. The van der Waals surface area contributed by atoms with Crippen molar-refractivity contribution in [1.82, 2.24) is 20.3 Å². The minimum atomic E-state index is -0.952. The number of unbranched alkanes of at least 4 members (excludes halogenated alkanes) is 2. The Kier molecular flexibility index (Phi) is 6.96. The zero-order valence-electron chi connectivity index (χ0n) is 15.4. The van der Waals surface area contributed by atoms with Gasteiger partial charge in [-0.15, -0.1) is 11.3 Å². The maximum Gasteiger partial charge on any atom is 0.345 e. The van der Waals surface area contributed by atoms with E-state index in [2.05, 4.69) is 32.5 Å². The van der Waals surface area contributed by atoms with Gasteiger partial charge in [0.05, 0.1) is 16.9 Å². The molecule has 0 aromatic carbocycles. The summed E-state index contributed by atoms with van der Waals surface area (Å²) in [4.78, 5) is 25.4. The van der Waals surface area contributed by atoms with Crippen LogP contribution >= 0.6 is 23.6 Å². The average molecular weight is 416 g/mol. The topological polar surface area (TPSA) is 100 Å². The molecule has 0 unspecified atom stereocenters. The molecule has 3 rings (SSSR count). The number of thiocarbonyl (C=S) groups is 1. The Morgan fingerprint density at radius 1 is 1.29 bits per heavy atom. The first kappa shape index (κ1) is 20.2. The van der Waals surface area contributed by atoms with Gasteiger partial charge in [0, 0.05) is 17.5 Å². The summed E-state index contributed by atoms with van der Waals surface area (Å²) in [5.74, 6) is -0.345. The van der Waals surface area contributed by atoms with Gasteiger partial charge in [0.1, 0.15) is 16.2 Å². The molecule has 0 fully saturated rings. The van der Waals surface area contributed by atoms with E-state index in [1.54, 1.807) is 17.6 Å². The number of aromatic nitrogens is 3. The summed E-state index contributed by atoms with van der Waals surface area (Å²) in [5, 5.41) is 17.3. The predicted molar refractivity (Wildman–Crippen MR) is 116 cm³/mol. The first-order valence-electron chi connectivity index (χ1n) is 9.03. The van der Waals surface area contributed by atoms with Crippen molar-refractivity contribution in [3.63, 3.8) is 0 Å². The van der Waals surface area contributed by atoms with Crippen molar-refractivity contribution in [1.29, 1.82) is 0 Å². The quantitative estimate of drug-likeness (QED) is 0.357. The highest BCUT2D eigenvalue weighted by molar-refractivity contribution is 7.80. The van der Waals surface area contributed by atoms with Crippen LogP contribution in [0.1, 0.15) is 35.9 Å².